The van der Waals surface area contributed by atoms with Gasteiger partial charge in [0.15, 0.2) is 5.60 Å². The average molecular weight is 370 g/mol. The molecule has 8 heteroatoms. The van der Waals surface area contributed by atoms with Crippen molar-refractivity contribution in [1.82, 2.24) is 0 Å². The van der Waals surface area contributed by atoms with E-state index in [-0.39, 0.29) is 23.7 Å². The lowest BCUT2D eigenvalue weighted by Crippen LogP contribution is -2.51. The molecule has 1 saturated carbocycles. The fourth-order valence-electron chi connectivity index (χ4n) is 3.25. The zero-order valence-corrected chi connectivity index (χ0v) is 15.2. The van der Waals surface area contributed by atoms with Crippen LogP contribution >= 0.6 is 0 Å². The lowest BCUT2D eigenvalue weighted by molar-refractivity contribution is -0.173. The molecule has 0 amide bonds. The van der Waals surface area contributed by atoms with Crippen LogP contribution in [0.2, 0.25) is 0 Å². The lowest BCUT2D eigenvalue weighted by atomic mass is 9.77. The Bertz CT molecular complexity index is 729. The summed E-state index contributed by atoms with van der Waals surface area (Å²) in [4.78, 5) is 23.6. The molecular weight excluding hydrogens is 348 g/mol. The molecule has 0 heterocycles. The number of rotatable bonds is 5. The van der Waals surface area contributed by atoms with Crippen LogP contribution in [0.3, 0.4) is 0 Å². The molecule has 0 aromatic heterocycles. The van der Waals surface area contributed by atoms with E-state index in [1.54, 1.807) is 18.2 Å². The summed E-state index contributed by atoms with van der Waals surface area (Å²) >= 11 is 0. The second-order valence-corrected chi connectivity index (χ2v) is 7.86. The van der Waals surface area contributed by atoms with Crippen molar-refractivity contribution in [3.05, 3.63) is 30.3 Å². The maximum atomic E-state index is 12.6. The molecule has 0 spiro atoms. The smallest absolute Gasteiger partial charge is 0.339 e. The third-order valence-corrected chi connectivity index (χ3v) is 5.48. The van der Waals surface area contributed by atoms with Crippen molar-refractivity contribution in [3.63, 3.8) is 0 Å². The second-order valence-electron chi connectivity index (χ2n) is 6.32. The minimum atomic E-state index is -4.19. The summed E-state index contributed by atoms with van der Waals surface area (Å²) in [6, 6.07) is 7.57. The molecular formula is C17H22O7S. The summed E-state index contributed by atoms with van der Waals surface area (Å²) in [6.07, 6.45) is -0.0157. The highest BCUT2D eigenvalue weighted by molar-refractivity contribution is 7.86. The summed E-state index contributed by atoms with van der Waals surface area (Å²) in [5.41, 5.74) is -1.72. The van der Waals surface area contributed by atoms with Gasteiger partial charge in [0, 0.05) is 13.3 Å². The van der Waals surface area contributed by atoms with Gasteiger partial charge in [-0.15, -0.1) is 0 Å². The van der Waals surface area contributed by atoms with Crippen LogP contribution in [0.15, 0.2) is 35.2 Å². The molecule has 0 aliphatic heterocycles. The molecule has 3 atom stereocenters. The highest BCUT2D eigenvalue weighted by Crippen LogP contribution is 2.39. The fraction of sp³-hybridized carbons (Fsp3) is 0.529. The zero-order valence-electron chi connectivity index (χ0n) is 14.4. The molecule has 0 radical (unpaired) electrons. The van der Waals surface area contributed by atoms with E-state index >= 15 is 0 Å². The maximum absolute atomic E-state index is 12.6. The van der Waals surface area contributed by atoms with Crippen molar-refractivity contribution in [2.45, 2.75) is 49.7 Å². The Morgan fingerprint density at radius 3 is 2.36 bits per heavy atom. The molecule has 2 rings (SSSR count). The Morgan fingerprint density at radius 1 is 1.16 bits per heavy atom. The summed E-state index contributed by atoms with van der Waals surface area (Å²) in [5, 5.41) is 0. The Morgan fingerprint density at radius 2 is 1.80 bits per heavy atom. The Labute approximate surface area is 147 Å². The van der Waals surface area contributed by atoms with Crippen LogP contribution in [0.25, 0.3) is 0 Å². The number of hydrogen-bond acceptors (Lipinski definition) is 7. The Balaban J connectivity index is 2.37. The molecule has 0 N–H and O–H groups in total. The van der Waals surface area contributed by atoms with Crippen LogP contribution in [0.4, 0.5) is 0 Å². The molecule has 0 saturated heterocycles. The van der Waals surface area contributed by atoms with Gasteiger partial charge in [-0.1, -0.05) is 25.1 Å². The molecule has 7 nitrogen and oxygen atoms in total. The van der Waals surface area contributed by atoms with Crippen LogP contribution in [0.5, 0.6) is 0 Å². The van der Waals surface area contributed by atoms with Crippen LogP contribution in [0.1, 0.15) is 33.1 Å². The molecule has 25 heavy (non-hydrogen) atoms. The third-order valence-electron chi connectivity index (χ3n) is 4.09. The van der Waals surface area contributed by atoms with E-state index < -0.39 is 33.8 Å². The van der Waals surface area contributed by atoms with Gasteiger partial charge < -0.3 is 9.47 Å². The highest BCUT2D eigenvalue weighted by atomic mass is 32.2. The highest BCUT2D eigenvalue weighted by Gasteiger charge is 2.51. The molecule has 1 aromatic rings. The normalized spacial score (nSPS) is 26.7. The van der Waals surface area contributed by atoms with Gasteiger partial charge in [-0.2, -0.15) is 8.42 Å². The first kappa shape index (κ1) is 19.4. The molecule has 138 valence electrons. The van der Waals surface area contributed by atoms with Gasteiger partial charge in [0.25, 0.3) is 10.1 Å². The predicted molar refractivity (Wildman–Crippen MR) is 88.0 cm³/mol. The molecule has 1 aliphatic carbocycles. The SMILES string of the molecule is COC(=O)[C@@]1(OS(=O)(=O)c2ccccc2)C[C@H](C)C[C@H](OC(C)=O)C1. The van der Waals surface area contributed by atoms with Crippen LogP contribution < -0.4 is 0 Å². The van der Waals surface area contributed by atoms with Gasteiger partial charge >= 0.3 is 11.9 Å². The summed E-state index contributed by atoms with van der Waals surface area (Å²) in [7, 11) is -3.02. The average Bonchev–Trinajstić information content (AvgIpc) is 2.53. The van der Waals surface area contributed by atoms with Crippen molar-refractivity contribution in [2.24, 2.45) is 5.92 Å². The number of carbonyl (C=O) groups excluding carboxylic acids is 2. The Hall–Kier alpha value is -1.93. The number of esters is 2. The molecule has 1 aromatic carbocycles. The van der Waals surface area contributed by atoms with Crippen LogP contribution in [-0.2, 0) is 33.4 Å². The summed E-state index contributed by atoms with van der Waals surface area (Å²) in [6.45, 7) is 3.10. The predicted octanol–water partition coefficient (Wildman–Crippen LogP) is 2.06. The number of benzene rings is 1. The number of methoxy groups -OCH3 is 1. The summed E-state index contributed by atoms with van der Waals surface area (Å²) < 4.78 is 40.7. The van der Waals surface area contributed by atoms with Crippen molar-refractivity contribution < 1.29 is 31.7 Å². The first-order chi connectivity index (χ1) is 11.7. The van der Waals surface area contributed by atoms with Gasteiger partial charge in [0.2, 0.25) is 0 Å². The second kappa shape index (κ2) is 7.53. The summed E-state index contributed by atoms with van der Waals surface area (Å²) in [5.74, 6) is -1.39. The van der Waals surface area contributed by atoms with E-state index in [4.69, 9.17) is 13.7 Å². The number of ether oxygens (including phenoxy) is 2. The lowest BCUT2D eigenvalue weighted by Gasteiger charge is -2.39. The van der Waals surface area contributed by atoms with E-state index in [0.717, 1.165) is 0 Å². The Kier molecular flexibility index (Phi) is 5.84. The largest absolute Gasteiger partial charge is 0.467 e. The molecule has 0 unspecified atom stereocenters. The van der Waals surface area contributed by atoms with Crippen molar-refractivity contribution >= 4 is 22.1 Å². The van der Waals surface area contributed by atoms with E-state index in [9.17, 15) is 18.0 Å². The molecule has 1 aliphatic rings. The molecule has 1 fully saturated rings. The van der Waals surface area contributed by atoms with Gasteiger partial charge in [0.1, 0.15) is 6.10 Å². The van der Waals surface area contributed by atoms with Gasteiger partial charge in [-0.25, -0.2) is 8.98 Å². The van der Waals surface area contributed by atoms with E-state index in [2.05, 4.69) is 0 Å². The number of hydrogen-bond donors (Lipinski definition) is 0. The van der Waals surface area contributed by atoms with Crippen molar-refractivity contribution in [3.8, 4) is 0 Å². The van der Waals surface area contributed by atoms with Gasteiger partial charge in [-0.3, -0.25) is 4.79 Å². The van der Waals surface area contributed by atoms with Gasteiger partial charge in [0.05, 0.1) is 12.0 Å². The zero-order chi connectivity index (χ0) is 18.7. The molecule has 0 bridgehead atoms. The van der Waals surface area contributed by atoms with Crippen molar-refractivity contribution in [2.75, 3.05) is 7.11 Å². The first-order valence-corrected chi connectivity index (χ1v) is 9.36. The van der Waals surface area contributed by atoms with E-state index in [0.29, 0.717) is 6.42 Å². The monoisotopic (exact) mass is 370 g/mol. The fourth-order valence-corrected chi connectivity index (χ4v) is 4.46. The third kappa shape index (κ3) is 4.58. The first-order valence-electron chi connectivity index (χ1n) is 7.95. The van der Waals surface area contributed by atoms with Gasteiger partial charge in [-0.05, 0) is 30.9 Å². The minimum Gasteiger partial charge on any atom is -0.467 e. The van der Waals surface area contributed by atoms with Crippen molar-refractivity contribution in [1.29, 1.82) is 0 Å². The number of carbonyl (C=O) groups is 2. The van der Waals surface area contributed by atoms with E-state index in [1.807, 2.05) is 6.92 Å². The standard InChI is InChI=1S/C17H22O7S/c1-12-9-14(23-13(2)18)11-17(10-12,16(19)22-3)24-25(20,21)15-7-5-4-6-8-15/h4-8,12,14H,9-11H2,1-3H3/t12-,14+,17-/m1/s1. The topological polar surface area (TPSA) is 96.0 Å². The maximum Gasteiger partial charge on any atom is 0.339 e. The van der Waals surface area contributed by atoms with E-state index in [1.165, 1.54) is 26.2 Å². The van der Waals surface area contributed by atoms with Crippen LogP contribution in [0, 0.1) is 5.92 Å². The quantitative estimate of drug-likeness (QED) is 0.578. The van der Waals surface area contributed by atoms with Crippen LogP contribution in [-0.4, -0.2) is 39.2 Å². The minimum absolute atomic E-state index is 0.0551.